The van der Waals surface area contributed by atoms with Crippen LogP contribution in [0.2, 0.25) is 5.02 Å². The Morgan fingerprint density at radius 2 is 1.89 bits per heavy atom. The molecule has 14 heteroatoms. The monoisotopic (exact) mass is 690 g/mol. The first-order valence-electron chi connectivity index (χ1n) is 15.5. The van der Waals surface area contributed by atoms with Crippen LogP contribution in [-0.4, -0.2) is 69.2 Å². The number of fused-ring (bicyclic) bond motifs is 2. The van der Waals surface area contributed by atoms with Crippen LogP contribution in [0.1, 0.15) is 52.4 Å². The number of rotatable bonds is 9. The van der Waals surface area contributed by atoms with Gasteiger partial charge in [0.1, 0.15) is 18.2 Å². The van der Waals surface area contributed by atoms with E-state index >= 15 is 0 Å². The minimum atomic E-state index is -4.61. The van der Waals surface area contributed by atoms with Crippen LogP contribution in [0.5, 0.6) is 5.75 Å². The summed E-state index contributed by atoms with van der Waals surface area (Å²) in [6.07, 6.45) is -1.31. The zero-order chi connectivity index (χ0) is 33.5. The van der Waals surface area contributed by atoms with Gasteiger partial charge in [-0.1, -0.05) is 11.6 Å². The molecule has 4 heterocycles. The number of aromatic nitrogens is 3. The molecule has 2 aliphatic rings. The van der Waals surface area contributed by atoms with Crippen LogP contribution in [0.3, 0.4) is 0 Å². The van der Waals surface area contributed by atoms with E-state index in [-0.39, 0.29) is 42.8 Å². The maximum Gasteiger partial charge on any atom is 0.522 e. The maximum atomic E-state index is 13.8. The fourth-order valence-electron chi connectivity index (χ4n) is 6.66. The van der Waals surface area contributed by atoms with Crippen LogP contribution in [0.4, 0.5) is 13.2 Å². The van der Waals surface area contributed by atoms with E-state index in [4.69, 9.17) is 21.3 Å². The van der Waals surface area contributed by atoms with Crippen molar-refractivity contribution in [3.8, 4) is 16.9 Å². The number of halogens is 4. The summed E-state index contributed by atoms with van der Waals surface area (Å²) in [6, 6.07) is 7.25. The number of alkyl halides is 3. The highest BCUT2D eigenvalue weighted by molar-refractivity contribution is 7.18. The fraction of sp³-hybridized carbons (Fsp3) is 0.455. The number of ether oxygens (including phenoxy) is 2. The highest BCUT2D eigenvalue weighted by Crippen LogP contribution is 2.40. The molecule has 47 heavy (non-hydrogen) atoms. The van der Waals surface area contributed by atoms with Gasteiger partial charge in [-0.05, 0) is 89.2 Å². The molecule has 250 valence electrons. The maximum absolute atomic E-state index is 13.8. The van der Waals surface area contributed by atoms with Gasteiger partial charge in [-0.15, -0.1) is 24.5 Å². The van der Waals surface area contributed by atoms with Gasteiger partial charge in [0.05, 0.1) is 34.6 Å². The summed E-state index contributed by atoms with van der Waals surface area (Å²) in [5, 5.41) is 11.7. The van der Waals surface area contributed by atoms with Crippen molar-refractivity contribution in [3.05, 3.63) is 73.4 Å². The Balaban J connectivity index is 1.16. The Morgan fingerprint density at radius 3 is 2.62 bits per heavy atom. The molecule has 4 aromatic rings. The van der Waals surface area contributed by atoms with Crippen molar-refractivity contribution in [2.24, 2.45) is 5.92 Å². The number of aryl methyl sites for hydroxylation is 3. The highest BCUT2D eigenvalue weighted by atomic mass is 35.5. The Bertz CT molecular complexity index is 1870. The molecule has 1 aliphatic heterocycles. The van der Waals surface area contributed by atoms with Gasteiger partial charge in [0.15, 0.2) is 0 Å². The third kappa shape index (κ3) is 7.33. The average molecular weight is 691 g/mol. The molecule has 9 nitrogen and oxygen atoms in total. The van der Waals surface area contributed by atoms with Gasteiger partial charge in [0.2, 0.25) is 0 Å². The Hall–Kier alpha value is -3.52. The molecule has 0 saturated carbocycles. The topological polar surface area (TPSA) is 107 Å². The molecule has 1 fully saturated rings. The Morgan fingerprint density at radius 1 is 1.13 bits per heavy atom. The number of aromatic carboxylic acids is 1. The minimum Gasteiger partial charge on any atom is -0.491 e. The van der Waals surface area contributed by atoms with Gasteiger partial charge in [0.25, 0.3) is 5.56 Å². The molecule has 0 unspecified atom stereocenters. The number of carboxylic acid groups (broad SMARTS) is 1. The van der Waals surface area contributed by atoms with Crippen LogP contribution in [0.25, 0.3) is 21.3 Å². The van der Waals surface area contributed by atoms with Gasteiger partial charge in [0, 0.05) is 38.8 Å². The van der Waals surface area contributed by atoms with Crippen molar-refractivity contribution >= 4 is 39.1 Å². The summed E-state index contributed by atoms with van der Waals surface area (Å²) >= 11 is 7.68. The lowest BCUT2D eigenvalue weighted by atomic mass is 9.88. The van der Waals surface area contributed by atoms with Crippen LogP contribution >= 0.6 is 22.9 Å². The molecule has 1 aliphatic carbocycles. The second kappa shape index (κ2) is 13.5. The molecule has 0 radical (unpaired) electrons. The predicted octanol–water partition coefficient (Wildman–Crippen LogP) is 6.67. The van der Waals surface area contributed by atoms with E-state index < -0.39 is 12.3 Å². The van der Waals surface area contributed by atoms with E-state index in [1.54, 1.807) is 35.1 Å². The molecule has 6 rings (SSSR count). The lowest BCUT2D eigenvalue weighted by Crippen LogP contribution is -2.46. The quantitative estimate of drug-likeness (QED) is 0.208. The molecule has 3 aromatic heterocycles. The summed E-state index contributed by atoms with van der Waals surface area (Å²) in [5.74, 6) is -0.0445. The average Bonchev–Trinajstić information content (AvgIpc) is 3.46. The van der Waals surface area contributed by atoms with Crippen molar-refractivity contribution in [2.75, 3.05) is 26.3 Å². The van der Waals surface area contributed by atoms with Crippen molar-refractivity contribution in [3.63, 3.8) is 0 Å². The molecule has 1 atom stereocenters. The summed E-state index contributed by atoms with van der Waals surface area (Å²) in [7, 11) is 0. The standard InChI is InChI=1S/C33H34ClF3N4O5S/c1-18-13-24(30-29(38-18)26(17-47-30)32(43)44)23-14-21(34)3-6-28(23)45-12-11-41-19(2)39-27-5-4-22(15-25(27)31(41)42)40-9-7-20(8-10-40)16-46-33(35,36)37/h3,6,13-14,17,20,22H,4-5,7-12,15-16H2,1-2H3,(H,43,44)/t22-/m1/s1. The van der Waals surface area contributed by atoms with Gasteiger partial charge in [-0.3, -0.25) is 19.1 Å². The van der Waals surface area contributed by atoms with E-state index in [2.05, 4.69) is 14.6 Å². The van der Waals surface area contributed by atoms with Gasteiger partial charge in [-0.25, -0.2) is 9.78 Å². The number of pyridine rings is 1. The first kappa shape index (κ1) is 33.4. The summed E-state index contributed by atoms with van der Waals surface area (Å²) in [5.41, 5.74) is 4.04. The minimum absolute atomic E-state index is 0.100. The zero-order valence-electron chi connectivity index (χ0n) is 25.9. The largest absolute Gasteiger partial charge is 0.522 e. The van der Waals surface area contributed by atoms with Gasteiger partial charge < -0.3 is 14.7 Å². The number of nitrogens with zero attached hydrogens (tertiary/aromatic N) is 4. The third-order valence-corrected chi connectivity index (χ3v) is 10.3. The molecular weight excluding hydrogens is 657 g/mol. The molecular formula is C33H34ClF3N4O5S. The normalized spacial score (nSPS) is 17.6. The van der Waals surface area contributed by atoms with Gasteiger partial charge >= 0.3 is 12.3 Å². The van der Waals surface area contributed by atoms with E-state index in [1.165, 1.54) is 11.3 Å². The number of carboxylic acids is 1. The van der Waals surface area contributed by atoms with E-state index in [0.29, 0.717) is 82.4 Å². The SMILES string of the molecule is Cc1cc(-c2cc(Cl)ccc2OCCn2c(C)nc3c(c2=O)C[C@H](N2CCC(COC(F)(F)F)CC2)CC3)c2scc(C(=O)O)c2n1. The lowest BCUT2D eigenvalue weighted by Gasteiger charge is -2.39. The van der Waals surface area contributed by atoms with Gasteiger partial charge in [-0.2, -0.15) is 0 Å². The number of thiophene rings is 1. The molecule has 0 spiro atoms. The number of piperidine rings is 1. The zero-order valence-corrected chi connectivity index (χ0v) is 27.5. The number of carbonyl (C=O) groups is 1. The van der Waals surface area contributed by atoms with Crippen molar-refractivity contribution < 1.29 is 32.5 Å². The lowest BCUT2D eigenvalue weighted by molar-refractivity contribution is -0.329. The highest BCUT2D eigenvalue weighted by Gasteiger charge is 2.34. The summed E-state index contributed by atoms with van der Waals surface area (Å²) in [6.45, 7) is 5.06. The molecule has 0 bridgehead atoms. The summed E-state index contributed by atoms with van der Waals surface area (Å²) < 4.78 is 50.1. The molecule has 1 aromatic carbocycles. The second-order valence-corrected chi connectivity index (χ2v) is 13.4. The molecule has 1 N–H and O–H groups in total. The third-order valence-electron chi connectivity index (χ3n) is 9.03. The molecule has 1 saturated heterocycles. The van der Waals surface area contributed by atoms with Crippen LogP contribution < -0.4 is 10.3 Å². The molecule has 0 amide bonds. The second-order valence-electron chi connectivity index (χ2n) is 12.1. The summed E-state index contributed by atoms with van der Waals surface area (Å²) in [4.78, 5) is 37.1. The number of likely N-dealkylation sites (tertiary alicyclic amines) is 1. The first-order chi connectivity index (χ1) is 22.4. The van der Waals surface area contributed by atoms with E-state index in [0.717, 1.165) is 17.7 Å². The van der Waals surface area contributed by atoms with E-state index in [1.807, 2.05) is 13.0 Å². The Labute approximate surface area is 277 Å². The van der Waals surface area contributed by atoms with Crippen molar-refractivity contribution in [1.82, 2.24) is 19.4 Å². The van der Waals surface area contributed by atoms with Crippen LogP contribution in [0, 0.1) is 19.8 Å². The van der Waals surface area contributed by atoms with Crippen molar-refractivity contribution in [2.45, 2.75) is 64.9 Å². The van der Waals surface area contributed by atoms with Crippen molar-refractivity contribution in [1.29, 1.82) is 0 Å². The number of benzene rings is 1. The first-order valence-corrected chi connectivity index (χ1v) is 16.7. The fourth-order valence-corrected chi connectivity index (χ4v) is 7.84. The van der Waals surface area contributed by atoms with E-state index in [9.17, 15) is 27.9 Å². The smallest absolute Gasteiger partial charge is 0.491 e. The number of hydrogen-bond acceptors (Lipinski definition) is 8. The Kier molecular flexibility index (Phi) is 9.62. The predicted molar refractivity (Wildman–Crippen MR) is 173 cm³/mol. The van der Waals surface area contributed by atoms with Crippen LogP contribution in [0.15, 0.2) is 34.4 Å². The van der Waals surface area contributed by atoms with Crippen LogP contribution in [-0.2, 0) is 24.1 Å². The number of hydrogen-bond donors (Lipinski definition) is 1.